The maximum Gasteiger partial charge on any atom is 0.106 e. The number of H-pyrrole nitrogens is 1. The number of nitrogen functional groups attached to an aromatic ring is 1. The fourth-order valence-electron chi connectivity index (χ4n) is 2.10. The van der Waals surface area contributed by atoms with E-state index in [4.69, 9.17) is 5.73 Å². The average molecular weight is 256 g/mol. The van der Waals surface area contributed by atoms with E-state index in [1.54, 1.807) is 6.20 Å². The Balaban J connectivity index is 2.11. The minimum absolute atomic E-state index is 0.539. The number of pyridine rings is 1. The molecule has 19 heavy (non-hydrogen) atoms. The molecule has 6 heteroatoms. The Morgan fingerprint density at radius 1 is 1.32 bits per heavy atom. The standard InChI is InChI=1S/C13H16N6/c1-8(2)7-19-12-3-11(13-10(14)6-16-18-13)15-4-9(12)5-17-19/h3-6,8H,7,14H2,1-2H3,(H,16,18). The minimum atomic E-state index is 0.539. The molecule has 0 aliphatic carbocycles. The van der Waals surface area contributed by atoms with Gasteiger partial charge in [-0.1, -0.05) is 13.8 Å². The molecular formula is C13H16N6. The van der Waals surface area contributed by atoms with Gasteiger partial charge >= 0.3 is 0 Å². The summed E-state index contributed by atoms with van der Waals surface area (Å²) in [5.41, 5.74) is 9.05. The summed E-state index contributed by atoms with van der Waals surface area (Å²) in [7, 11) is 0. The van der Waals surface area contributed by atoms with Crippen molar-refractivity contribution in [3.05, 3.63) is 24.7 Å². The van der Waals surface area contributed by atoms with E-state index in [2.05, 4.69) is 34.1 Å². The Morgan fingerprint density at radius 3 is 2.84 bits per heavy atom. The van der Waals surface area contributed by atoms with Crippen LogP contribution in [0, 0.1) is 5.92 Å². The van der Waals surface area contributed by atoms with Gasteiger partial charge in [0.05, 0.1) is 29.3 Å². The van der Waals surface area contributed by atoms with Crippen LogP contribution < -0.4 is 5.73 Å². The van der Waals surface area contributed by atoms with E-state index in [1.165, 1.54) is 0 Å². The van der Waals surface area contributed by atoms with Crippen LogP contribution in [0.1, 0.15) is 13.8 Å². The second kappa shape index (κ2) is 4.38. The molecule has 6 nitrogen and oxygen atoms in total. The van der Waals surface area contributed by atoms with E-state index < -0.39 is 0 Å². The molecule has 0 atom stereocenters. The first-order valence-corrected chi connectivity index (χ1v) is 6.26. The second-order valence-corrected chi connectivity index (χ2v) is 5.05. The third-order valence-corrected chi connectivity index (χ3v) is 2.99. The van der Waals surface area contributed by atoms with Crippen molar-refractivity contribution in [2.75, 3.05) is 5.73 Å². The Hall–Kier alpha value is -2.37. The highest BCUT2D eigenvalue weighted by molar-refractivity contribution is 5.83. The van der Waals surface area contributed by atoms with Crippen molar-refractivity contribution in [3.63, 3.8) is 0 Å². The number of rotatable bonds is 3. The smallest absolute Gasteiger partial charge is 0.106 e. The molecule has 0 bridgehead atoms. The van der Waals surface area contributed by atoms with Gasteiger partial charge in [0.1, 0.15) is 5.69 Å². The van der Waals surface area contributed by atoms with Gasteiger partial charge in [0.15, 0.2) is 0 Å². The van der Waals surface area contributed by atoms with Gasteiger partial charge in [0.25, 0.3) is 0 Å². The molecule has 0 aliphatic heterocycles. The molecule has 3 heterocycles. The van der Waals surface area contributed by atoms with E-state index in [1.807, 2.05) is 23.1 Å². The molecule has 3 rings (SSSR count). The highest BCUT2D eigenvalue weighted by Gasteiger charge is 2.10. The van der Waals surface area contributed by atoms with Gasteiger partial charge in [-0.3, -0.25) is 14.8 Å². The van der Waals surface area contributed by atoms with Crippen LogP contribution in [0.4, 0.5) is 5.69 Å². The molecule has 3 aromatic rings. The molecular weight excluding hydrogens is 240 g/mol. The van der Waals surface area contributed by atoms with Crippen molar-refractivity contribution in [2.24, 2.45) is 5.92 Å². The number of hydrogen-bond donors (Lipinski definition) is 2. The molecule has 0 saturated heterocycles. The van der Waals surface area contributed by atoms with E-state index in [0.29, 0.717) is 11.6 Å². The lowest BCUT2D eigenvalue weighted by Crippen LogP contribution is -2.05. The predicted octanol–water partition coefficient (Wildman–Crippen LogP) is 2.06. The predicted molar refractivity (Wildman–Crippen MR) is 74.4 cm³/mol. The van der Waals surface area contributed by atoms with Crippen LogP contribution in [0.15, 0.2) is 24.7 Å². The van der Waals surface area contributed by atoms with Crippen molar-refractivity contribution in [1.82, 2.24) is 25.0 Å². The lowest BCUT2D eigenvalue weighted by atomic mass is 10.2. The normalized spacial score (nSPS) is 11.5. The average Bonchev–Trinajstić information content (AvgIpc) is 2.95. The maximum atomic E-state index is 5.85. The fourth-order valence-corrected chi connectivity index (χ4v) is 2.10. The van der Waals surface area contributed by atoms with E-state index in [-0.39, 0.29) is 0 Å². The highest BCUT2D eigenvalue weighted by Crippen LogP contribution is 2.24. The monoisotopic (exact) mass is 256 g/mol. The molecule has 0 spiro atoms. The van der Waals surface area contributed by atoms with Crippen molar-refractivity contribution >= 4 is 16.6 Å². The van der Waals surface area contributed by atoms with Crippen LogP contribution in [0.25, 0.3) is 22.3 Å². The first kappa shape index (κ1) is 11.7. The Bertz CT molecular complexity index is 709. The van der Waals surface area contributed by atoms with Crippen LogP contribution >= 0.6 is 0 Å². The van der Waals surface area contributed by atoms with Crippen LogP contribution in [0.5, 0.6) is 0 Å². The number of anilines is 1. The zero-order chi connectivity index (χ0) is 13.4. The lowest BCUT2D eigenvalue weighted by molar-refractivity contribution is 0.495. The summed E-state index contributed by atoms with van der Waals surface area (Å²) in [4.78, 5) is 4.40. The van der Waals surface area contributed by atoms with Gasteiger partial charge in [-0.25, -0.2) is 0 Å². The molecule has 0 aliphatic rings. The molecule has 0 amide bonds. The number of nitrogens with two attached hydrogens (primary N) is 1. The zero-order valence-electron chi connectivity index (χ0n) is 11.0. The third kappa shape index (κ3) is 2.05. The summed E-state index contributed by atoms with van der Waals surface area (Å²) >= 11 is 0. The van der Waals surface area contributed by atoms with E-state index in [0.717, 1.165) is 28.8 Å². The quantitative estimate of drug-likeness (QED) is 0.751. The molecule has 0 aromatic carbocycles. The maximum absolute atomic E-state index is 5.85. The van der Waals surface area contributed by atoms with Gasteiger partial charge in [0.2, 0.25) is 0 Å². The van der Waals surface area contributed by atoms with E-state index >= 15 is 0 Å². The van der Waals surface area contributed by atoms with Crippen molar-refractivity contribution in [2.45, 2.75) is 20.4 Å². The summed E-state index contributed by atoms with van der Waals surface area (Å²) in [6, 6.07) is 1.99. The highest BCUT2D eigenvalue weighted by atomic mass is 15.3. The second-order valence-electron chi connectivity index (χ2n) is 5.05. The van der Waals surface area contributed by atoms with Gasteiger partial charge < -0.3 is 5.73 Å². The molecule has 0 radical (unpaired) electrons. The molecule has 0 fully saturated rings. The Morgan fingerprint density at radius 2 is 2.16 bits per heavy atom. The molecule has 98 valence electrons. The Labute approximate surface area is 110 Å². The summed E-state index contributed by atoms with van der Waals surface area (Å²) in [5, 5.41) is 12.2. The molecule has 3 N–H and O–H groups in total. The minimum Gasteiger partial charge on any atom is -0.396 e. The summed E-state index contributed by atoms with van der Waals surface area (Å²) in [6.45, 7) is 5.22. The number of aromatic amines is 1. The van der Waals surface area contributed by atoms with Gasteiger partial charge in [-0.2, -0.15) is 10.2 Å². The van der Waals surface area contributed by atoms with Crippen LogP contribution in [0.2, 0.25) is 0 Å². The first-order valence-electron chi connectivity index (χ1n) is 6.26. The summed E-state index contributed by atoms with van der Waals surface area (Å²) in [5.74, 6) is 0.539. The van der Waals surface area contributed by atoms with E-state index in [9.17, 15) is 0 Å². The number of fused-ring (bicyclic) bond motifs is 1. The number of nitrogens with one attached hydrogen (secondary N) is 1. The van der Waals surface area contributed by atoms with Crippen LogP contribution in [-0.4, -0.2) is 25.0 Å². The number of hydrogen-bond acceptors (Lipinski definition) is 4. The lowest BCUT2D eigenvalue weighted by Gasteiger charge is -2.07. The van der Waals surface area contributed by atoms with Crippen molar-refractivity contribution in [3.8, 4) is 11.4 Å². The molecule has 0 saturated carbocycles. The van der Waals surface area contributed by atoms with Crippen LogP contribution in [0.3, 0.4) is 0 Å². The Kier molecular flexibility index (Phi) is 2.70. The van der Waals surface area contributed by atoms with Gasteiger partial charge in [-0.15, -0.1) is 0 Å². The summed E-state index contributed by atoms with van der Waals surface area (Å²) < 4.78 is 2.00. The first-order chi connectivity index (χ1) is 9.15. The largest absolute Gasteiger partial charge is 0.396 e. The molecule has 3 aromatic heterocycles. The zero-order valence-corrected chi connectivity index (χ0v) is 11.0. The topological polar surface area (TPSA) is 85.4 Å². The third-order valence-electron chi connectivity index (χ3n) is 2.99. The number of aromatic nitrogens is 5. The van der Waals surface area contributed by atoms with Gasteiger partial charge in [-0.05, 0) is 12.0 Å². The van der Waals surface area contributed by atoms with Gasteiger partial charge in [0, 0.05) is 18.1 Å². The number of nitrogens with zero attached hydrogens (tertiary/aromatic N) is 4. The fraction of sp³-hybridized carbons (Fsp3) is 0.308. The van der Waals surface area contributed by atoms with Crippen molar-refractivity contribution in [1.29, 1.82) is 0 Å². The summed E-state index contributed by atoms with van der Waals surface area (Å²) in [6.07, 6.45) is 5.24. The SMILES string of the molecule is CC(C)Cn1ncc2cnc(-c3[nH]ncc3N)cc21. The van der Waals surface area contributed by atoms with Crippen molar-refractivity contribution < 1.29 is 0 Å². The van der Waals surface area contributed by atoms with Crippen LogP contribution in [-0.2, 0) is 6.54 Å². The molecule has 0 unspecified atom stereocenters.